The van der Waals surface area contributed by atoms with Gasteiger partial charge in [-0.15, -0.1) is 0 Å². The predicted molar refractivity (Wildman–Crippen MR) is 149 cm³/mol. The first-order chi connectivity index (χ1) is 16.8. The summed E-state index contributed by atoms with van der Waals surface area (Å²) in [6.45, 7) is 13.2. The Hall–Kier alpha value is -2.49. The molecule has 1 aliphatic carbocycles. The van der Waals surface area contributed by atoms with Gasteiger partial charge in [-0.25, -0.2) is 0 Å². The van der Waals surface area contributed by atoms with E-state index in [9.17, 15) is 0 Å². The molecule has 188 valence electrons. The molecule has 3 rings (SSSR count). The number of rotatable bonds is 11. The number of allylic oxidation sites excluding steroid dienone is 5. The minimum absolute atomic E-state index is 0.144. The van der Waals surface area contributed by atoms with Crippen molar-refractivity contribution in [3.05, 3.63) is 94.5 Å². The number of benzene rings is 1. The number of hydrogen-bond acceptors (Lipinski definition) is 2. The molecule has 0 aliphatic heterocycles. The SMILES string of the molecule is C=C(/C=C/c1ccc(CC(C)C)n1-c1ccc(Cl)cc1C(OC)C1C=CC=C(OC)C1)C(C)CC. The van der Waals surface area contributed by atoms with E-state index in [1.807, 2.05) is 12.1 Å². The van der Waals surface area contributed by atoms with Crippen LogP contribution in [0.15, 0.2) is 72.5 Å². The van der Waals surface area contributed by atoms with Crippen LogP contribution in [0.25, 0.3) is 11.8 Å². The van der Waals surface area contributed by atoms with E-state index in [4.69, 9.17) is 21.1 Å². The molecule has 0 bridgehead atoms. The Bertz CT molecular complexity index is 1110. The monoisotopic (exact) mass is 493 g/mol. The van der Waals surface area contributed by atoms with E-state index in [0.717, 1.165) is 47.5 Å². The summed E-state index contributed by atoms with van der Waals surface area (Å²) in [6, 6.07) is 10.6. The maximum Gasteiger partial charge on any atom is 0.0962 e. The maximum absolute atomic E-state index is 6.55. The smallest absolute Gasteiger partial charge is 0.0962 e. The fourth-order valence-corrected chi connectivity index (χ4v) is 4.82. The minimum Gasteiger partial charge on any atom is -0.501 e. The lowest BCUT2D eigenvalue weighted by molar-refractivity contribution is 0.0620. The van der Waals surface area contributed by atoms with Crippen LogP contribution in [-0.4, -0.2) is 18.8 Å². The fraction of sp³-hybridized carbons (Fsp3) is 0.419. The second-order valence-corrected chi connectivity index (χ2v) is 10.3. The van der Waals surface area contributed by atoms with Gasteiger partial charge in [-0.1, -0.05) is 69.7 Å². The van der Waals surface area contributed by atoms with Crippen LogP contribution >= 0.6 is 11.6 Å². The van der Waals surface area contributed by atoms with Crippen molar-refractivity contribution in [2.45, 2.75) is 53.1 Å². The molecule has 35 heavy (non-hydrogen) atoms. The van der Waals surface area contributed by atoms with Crippen molar-refractivity contribution in [1.82, 2.24) is 4.57 Å². The molecule has 2 aromatic rings. The molecule has 1 aliphatic rings. The Kier molecular flexibility index (Phi) is 9.65. The highest BCUT2D eigenvalue weighted by molar-refractivity contribution is 6.30. The van der Waals surface area contributed by atoms with Crippen LogP contribution < -0.4 is 0 Å². The first-order valence-electron chi connectivity index (χ1n) is 12.6. The summed E-state index contributed by atoms with van der Waals surface area (Å²) in [5, 5.41) is 0.702. The fourth-order valence-electron chi connectivity index (χ4n) is 4.64. The third-order valence-electron chi connectivity index (χ3n) is 6.84. The Morgan fingerprint density at radius 3 is 2.63 bits per heavy atom. The molecule has 3 atom stereocenters. The summed E-state index contributed by atoms with van der Waals surface area (Å²) >= 11 is 6.55. The number of ether oxygens (including phenoxy) is 2. The van der Waals surface area contributed by atoms with Gasteiger partial charge in [0, 0.05) is 41.4 Å². The predicted octanol–water partition coefficient (Wildman–Crippen LogP) is 8.74. The van der Waals surface area contributed by atoms with Crippen LogP contribution in [0.2, 0.25) is 5.02 Å². The first kappa shape index (κ1) is 27.1. The normalized spacial score (nSPS) is 17.6. The number of hydrogen-bond donors (Lipinski definition) is 0. The molecule has 3 nitrogen and oxygen atoms in total. The van der Waals surface area contributed by atoms with Gasteiger partial charge in [0.15, 0.2) is 0 Å². The van der Waals surface area contributed by atoms with Gasteiger partial charge in [-0.3, -0.25) is 0 Å². The summed E-state index contributed by atoms with van der Waals surface area (Å²) in [7, 11) is 3.49. The van der Waals surface area contributed by atoms with Crippen molar-refractivity contribution in [3.8, 4) is 5.69 Å². The zero-order valence-electron chi connectivity index (χ0n) is 22.1. The molecule has 0 fully saturated rings. The topological polar surface area (TPSA) is 23.4 Å². The van der Waals surface area contributed by atoms with E-state index in [1.54, 1.807) is 14.2 Å². The third kappa shape index (κ3) is 6.59. The standard InChI is InChI=1S/C31H40ClNO2/c1-8-22(4)23(5)12-14-26-15-16-27(18-21(2)3)33(26)30-17-13-25(32)20-29(30)31(35-7)24-10-9-11-28(19-24)34-6/h9-17,20-22,24,31H,5,8,18-19H2,1-4,6-7H3/b14-12+. The first-order valence-corrected chi connectivity index (χ1v) is 13.0. The summed E-state index contributed by atoms with van der Waals surface area (Å²) < 4.78 is 14.0. The highest BCUT2D eigenvalue weighted by Gasteiger charge is 2.28. The van der Waals surface area contributed by atoms with Gasteiger partial charge in [0.1, 0.15) is 0 Å². The molecule has 1 aromatic heterocycles. The van der Waals surface area contributed by atoms with Gasteiger partial charge in [0.2, 0.25) is 0 Å². The molecule has 0 amide bonds. The van der Waals surface area contributed by atoms with Crippen LogP contribution in [0, 0.1) is 17.8 Å². The van der Waals surface area contributed by atoms with Gasteiger partial charge >= 0.3 is 0 Å². The van der Waals surface area contributed by atoms with Gasteiger partial charge in [-0.05, 0) is 67.2 Å². The van der Waals surface area contributed by atoms with Crippen molar-refractivity contribution >= 4 is 17.7 Å². The maximum atomic E-state index is 6.55. The Labute approximate surface area is 216 Å². The molecule has 0 N–H and O–H groups in total. The van der Waals surface area contributed by atoms with E-state index in [0.29, 0.717) is 16.9 Å². The van der Waals surface area contributed by atoms with Gasteiger partial charge in [0.25, 0.3) is 0 Å². The largest absolute Gasteiger partial charge is 0.501 e. The van der Waals surface area contributed by atoms with E-state index in [2.05, 4.69) is 87.4 Å². The van der Waals surface area contributed by atoms with Crippen LogP contribution in [0.3, 0.4) is 0 Å². The Morgan fingerprint density at radius 2 is 1.97 bits per heavy atom. The average Bonchev–Trinajstić information content (AvgIpc) is 3.24. The lowest BCUT2D eigenvalue weighted by Crippen LogP contribution is -2.19. The lowest BCUT2D eigenvalue weighted by atomic mass is 9.88. The molecule has 0 saturated carbocycles. The van der Waals surface area contributed by atoms with Crippen molar-refractivity contribution in [3.63, 3.8) is 0 Å². The number of halogens is 1. The third-order valence-corrected chi connectivity index (χ3v) is 7.08. The molecule has 0 spiro atoms. The quantitative estimate of drug-likeness (QED) is 0.292. The lowest BCUT2D eigenvalue weighted by Gasteiger charge is -2.29. The van der Waals surface area contributed by atoms with Crippen LogP contribution in [-0.2, 0) is 15.9 Å². The van der Waals surface area contributed by atoms with Gasteiger partial charge in [-0.2, -0.15) is 0 Å². The molecule has 4 heteroatoms. The molecule has 1 heterocycles. The van der Waals surface area contributed by atoms with Crippen molar-refractivity contribution < 1.29 is 9.47 Å². The molecule has 0 saturated heterocycles. The number of aromatic nitrogens is 1. The van der Waals surface area contributed by atoms with Crippen molar-refractivity contribution in [1.29, 1.82) is 0 Å². The zero-order chi connectivity index (χ0) is 25.5. The highest BCUT2D eigenvalue weighted by Crippen LogP contribution is 2.39. The van der Waals surface area contributed by atoms with Crippen molar-refractivity contribution in [2.24, 2.45) is 17.8 Å². The van der Waals surface area contributed by atoms with Crippen molar-refractivity contribution in [2.75, 3.05) is 14.2 Å². The summed E-state index contributed by atoms with van der Waals surface area (Å²) in [4.78, 5) is 0. The van der Waals surface area contributed by atoms with E-state index in [1.165, 1.54) is 5.69 Å². The summed E-state index contributed by atoms with van der Waals surface area (Å²) in [5.41, 5.74) is 5.70. The summed E-state index contributed by atoms with van der Waals surface area (Å²) in [5.74, 6) is 2.08. The van der Waals surface area contributed by atoms with Gasteiger partial charge in [0.05, 0.1) is 24.7 Å². The van der Waals surface area contributed by atoms with E-state index >= 15 is 0 Å². The molecular formula is C31H40ClNO2. The van der Waals surface area contributed by atoms with Crippen LogP contribution in [0.4, 0.5) is 0 Å². The summed E-state index contributed by atoms with van der Waals surface area (Å²) in [6.07, 6.45) is 13.3. The van der Waals surface area contributed by atoms with E-state index in [-0.39, 0.29) is 12.0 Å². The second kappa shape index (κ2) is 12.5. The molecule has 0 radical (unpaired) electrons. The molecule has 1 aromatic carbocycles. The Morgan fingerprint density at radius 1 is 1.20 bits per heavy atom. The van der Waals surface area contributed by atoms with E-state index < -0.39 is 0 Å². The number of methoxy groups -OCH3 is 2. The molecule has 3 unspecified atom stereocenters. The average molecular weight is 494 g/mol. The second-order valence-electron chi connectivity index (χ2n) is 9.85. The van der Waals surface area contributed by atoms with Crippen LogP contribution in [0.5, 0.6) is 0 Å². The highest BCUT2D eigenvalue weighted by atomic mass is 35.5. The Balaban J connectivity index is 2.13. The van der Waals surface area contributed by atoms with Gasteiger partial charge < -0.3 is 14.0 Å². The molecular weight excluding hydrogens is 454 g/mol. The van der Waals surface area contributed by atoms with Crippen LogP contribution in [0.1, 0.15) is 63.6 Å². The zero-order valence-corrected chi connectivity index (χ0v) is 22.8. The minimum atomic E-state index is -0.167. The number of nitrogens with zero attached hydrogens (tertiary/aromatic N) is 1.